The van der Waals surface area contributed by atoms with Crippen LogP contribution >= 0.6 is 11.8 Å². The summed E-state index contributed by atoms with van der Waals surface area (Å²) in [5.41, 5.74) is 0. The number of piperidine rings is 1. The van der Waals surface area contributed by atoms with E-state index in [0.717, 1.165) is 17.2 Å². The first-order chi connectivity index (χ1) is 9.22. The van der Waals surface area contributed by atoms with Crippen LogP contribution in [0, 0.1) is 5.92 Å². The van der Waals surface area contributed by atoms with E-state index in [2.05, 4.69) is 42.1 Å². The van der Waals surface area contributed by atoms with Gasteiger partial charge in [-0.25, -0.2) is 0 Å². The Kier molecular flexibility index (Phi) is 6.51. The normalized spacial score (nSPS) is 32.4. The van der Waals surface area contributed by atoms with E-state index in [0.29, 0.717) is 6.04 Å². The number of nitrogens with one attached hydrogen (secondary N) is 1. The van der Waals surface area contributed by atoms with E-state index in [1.54, 1.807) is 0 Å². The van der Waals surface area contributed by atoms with Crippen molar-refractivity contribution >= 4 is 11.8 Å². The van der Waals surface area contributed by atoms with Crippen LogP contribution in [0.5, 0.6) is 0 Å². The predicted molar refractivity (Wildman–Crippen MR) is 87.0 cm³/mol. The zero-order valence-corrected chi connectivity index (χ0v) is 13.8. The van der Waals surface area contributed by atoms with Crippen LogP contribution in [0.25, 0.3) is 0 Å². The molecular formula is C16H32N2S. The van der Waals surface area contributed by atoms with Crippen molar-refractivity contribution in [1.29, 1.82) is 0 Å². The molecule has 19 heavy (non-hydrogen) atoms. The fourth-order valence-electron chi connectivity index (χ4n) is 3.79. The highest BCUT2D eigenvalue weighted by Gasteiger charge is 2.27. The van der Waals surface area contributed by atoms with Gasteiger partial charge in [-0.15, -0.1) is 0 Å². The van der Waals surface area contributed by atoms with Gasteiger partial charge < -0.3 is 10.2 Å². The Morgan fingerprint density at radius 3 is 2.58 bits per heavy atom. The summed E-state index contributed by atoms with van der Waals surface area (Å²) < 4.78 is 0. The first kappa shape index (κ1) is 15.7. The lowest BCUT2D eigenvalue weighted by molar-refractivity contribution is 0.160. The van der Waals surface area contributed by atoms with Gasteiger partial charge in [-0.3, -0.25) is 0 Å². The van der Waals surface area contributed by atoms with Gasteiger partial charge in [-0.2, -0.15) is 11.8 Å². The van der Waals surface area contributed by atoms with Gasteiger partial charge in [0.25, 0.3) is 0 Å². The van der Waals surface area contributed by atoms with E-state index in [1.165, 1.54) is 58.2 Å². The highest BCUT2D eigenvalue weighted by Crippen LogP contribution is 2.28. The molecule has 2 aliphatic rings. The van der Waals surface area contributed by atoms with Crippen molar-refractivity contribution in [3.63, 3.8) is 0 Å². The molecule has 3 heteroatoms. The molecule has 2 fully saturated rings. The molecule has 2 rings (SSSR count). The largest absolute Gasteiger partial charge is 0.311 e. The standard InChI is InChI=1S/C16H32N2S/c1-4-18-10-8-14(9-11-18)13(2)17-15-6-5-7-16(12-15)19-3/h13-17H,4-12H2,1-3H3. The van der Waals surface area contributed by atoms with Gasteiger partial charge in [0.05, 0.1) is 0 Å². The molecule has 1 N–H and O–H groups in total. The van der Waals surface area contributed by atoms with E-state index in [9.17, 15) is 0 Å². The molecule has 3 atom stereocenters. The number of rotatable bonds is 5. The minimum Gasteiger partial charge on any atom is -0.311 e. The van der Waals surface area contributed by atoms with Crippen LogP contribution < -0.4 is 5.32 Å². The Bertz CT molecular complexity index is 251. The van der Waals surface area contributed by atoms with Crippen molar-refractivity contribution in [2.75, 3.05) is 25.9 Å². The van der Waals surface area contributed by atoms with E-state index in [4.69, 9.17) is 0 Å². The maximum Gasteiger partial charge on any atom is 0.00801 e. The van der Waals surface area contributed by atoms with Crippen LogP contribution in [-0.4, -0.2) is 48.1 Å². The summed E-state index contributed by atoms with van der Waals surface area (Å²) in [5.74, 6) is 0.900. The topological polar surface area (TPSA) is 15.3 Å². The van der Waals surface area contributed by atoms with Crippen LogP contribution in [0.3, 0.4) is 0 Å². The first-order valence-electron chi connectivity index (χ1n) is 8.24. The fraction of sp³-hybridized carbons (Fsp3) is 1.00. The molecule has 3 unspecified atom stereocenters. The SMILES string of the molecule is CCN1CCC(C(C)NC2CCCC(SC)C2)CC1. The third kappa shape index (κ3) is 4.64. The number of nitrogens with zero attached hydrogens (tertiary/aromatic N) is 1. The lowest BCUT2D eigenvalue weighted by Crippen LogP contribution is -2.47. The molecule has 0 aromatic heterocycles. The van der Waals surface area contributed by atoms with Crippen molar-refractivity contribution in [3.8, 4) is 0 Å². The second-order valence-electron chi connectivity index (χ2n) is 6.45. The molecule has 0 radical (unpaired) electrons. The Balaban J connectivity index is 1.73. The summed E-state index contributed by atoms with van der Waals surface area (Å²) in [7, 11) is 0. The van der Waals surface area contributed by atoms with Crippen molar-refractivity contribution < 1.29 is 0 Å². The third-order valence-corrected chi connectivity index (χ3v) is 6.34. The van der Waals surface area contributed by atoms with Gasteiger partial charge >= 0.3 is 0 Å². The van der Waals surface area contributed by atoms with Gasteiger partial charge in [-0.05, 0) is 70.8 Å². The van der Waals surface area contributed by atoms with Gasteiger partial charge in [0.1, 0.15) is 0 Å². The number of likely N-dealkylation sites (tertiary alicyclic amines) is 1. The molecule has 0 bridgehead atoms. The lowest BCUT2D eigenvalue weighted by atomic mass is 9.88. The molecule has 1 saturated heterocycles. The van der Waals surface area contributed by atoms with Gasteiger partial charge in [0.2, 0.25) is 0 Å². The molecule has 0 aromatic carbocycles. The minimum atomic E-state index is 0.713. The summed E-state index contributed by atoms with van der Waals surface area (Å²) >= 11 is 2.07. The summed E-state index contributed by atoms with van der Waals surface area (Å²) in [6, 6.07) is 1.50. The summed E-state index contributed by atoms with van der Waals surface area (Å²) in [5, 5.41) is 4.86. The molecule has 1 aliphatic carbocycles. The Morgan fingerprint density at radius 2 is 1.95 bits per heavy atom. The maximum atomic E-state index is 3.95. The maximum absolute atomic E-state index is 3.95. The highest BCUT2D eigenvalue weighted by molar-refractivity contribution is 7.99. The Morgan fingerprint density at radius 1 is 1.21 bits per heavy atom. The fourth-order valence-corrected chi connectivity index (χ4v) is 4.61. The Hall–Kier alpha value is 0.270. The van der Waals surface area contributed by atoms with Crippen molar-refractivity contribution in [1.82, 2.24) is 10.2 Å². The van der Waals surface area contributed by atoms with Crippen LogP contribution in [0.1, 0.15) is 52.4 Å². The smallest absolute Gasteiger partial charge is 0.00801 e. The van der Waals surface area contributed by atoms with Gasteiger partial charge in [0, 0.05) is 17.3 Å². The molecule has 0 amide bonds. The second kappa shape index (κ2) is 7.90. The van der Waals surface area contributed by atoms with E-state index in [1.807, 2.05) is 0 Å². The average Bonchev–Trinajstić information content (AvgIpc) is 2.47. The molecule has 1 saturated carbocycles. The van der Waals surface area contributed by atoms with Crippen molar-refractivity contribution in [2.24, 2.45) is 5.92 Å². The van der Waals surface area contributed by atoms with E-state index < -0.39 is 0 Å². The summed E-state index contributed by atoms with van der Waals surface area (Å²) in [4.78, 5) is 2.59. The zero-order chi connectivity index (χ0) is 13.7. The van der Waals surface area contributed by atoms with Crippen LogP contribution in [0.15, 0.2) is 0 Å². The van der Waals surface area contributed by atoms with E-state index >= 15 is 0 Å². The number of hydrogen-bond acceptors (Lipinski definition) is 3. The molecule has 2 nitrogen and oxygen atoms in total. The number of thioether (sulfide) groups is 1. The molecule has 1 aliphatic heterocycles. The van der Waals surface area contributed by atoms with E-state index in [-0.39, 0.29) is 0 Å². The van der Waals surface area contributed by atoms with Crippen LogP contribution in [0.4, 0.5) is 0 Å². The Labute approximate surface area is 124 Å². The first-order valence-corrected chi connectivity index (χ1v) is 9.53. The molecular weight excluding hydrogens is 252 g/mol. The molecule has 1 heterocycles. The van der Waals surface area contributed by atoms with Gasteiger partial charge in [0.15, 0.2) is 0 Å². The average molecular weight is 285 g/mol. The minimum absolute atomic E-state index is 0.713. The van der Waals surface area contributed by atoms with Crippen molar-refractivity contribution in [3.05, 3.63) is 0 Å². The molecule has 0 spiro atoms. The van der Waals surface area contributed by atoms with Crippen LogP contribution in [-0.2, 0) is 0 Å². The van der Waals surface area contributed by atoms with Gasteiger partial charge in [-0.1, -0.05) is 13.3 Å². The molecule has 0 aromatic rings. The monoisotopic (exact) mass is 284 g/mol. The quantitative estimate of drug-likeness (QED) is 0.833. The second-order valence-corrected chi connectivity index (χ2v) is 7.59. The lowest BCUT2D eigenvalue weighted by Gasteiger charge is -2.38. The van der Waals surface area contributed by atoms with Crippen LogP contribution in [0.2, 0.25) is 0 Å². The third-order valence-electron chi connectivity index (χ3n) is 5.24. The summed E-state index contributed by atoms with van der Waals surface area (Å²) in [6.45, 7) is 8.56. The summed E-state index contributed by atoms with van der Waals surface area (Å²) in [6.07, 6.45) is 10.7. The predicted octanol–water partition coefficient (Wildman–Crippen LogP) is 3.37. The van der Waals surface area contributed by atoms with Crippen molar-refractivity contribution in [2.45, 2.75) is 69.7 Å². The highest BCUT2D eigenvalue weighted by atomic mass is 32.2. The zero-order valence-electron chi connectivity index (χ0n) is 13.0. The number of hydrogen-bond donors (Lipinski definition) is 1. The molecule has 112 valence electrons.